The molecule has 0 saturated carbocycles. The Morgan fingerprint density at radius 2 is 2.17 bits per heavy atom. The second kappa shape index (κ2) is 7.21. The third kappa shape index (κ3) is 3.67. The molecule has 2 heterocycles. The van der Waals surface area contributed by atoms with Crippen LogP contribution in [0.5, 0.6) is 0 Å². The molecule has 0 aliphatic carbocycles. The summed E-state index contributed by atoms with van der Waals surface area (Å²) in [5, 5.41) is 5.29. The van der Waals surface area contributed by atoms with Crippen LogP contribution in [-0.2, 0) is 11.3 Å². The standard InChI is InChI=1S/C17H16N2O3S/c1-2-21-10-12-6-3-4-7-13(12)18-16(20)14-11-23-17(19-14)15-8-5-9-22-15/h3-9,11H,2,10H2,1H3,(H,18,20). The number of ether oxygens (including phenoxy) is 1. The minimum Gasteiger partial charge on any atom is -0.462 e. The van der Waals surface area contributed by atoms with E-state index in [1.165, 1.54) is 11.3 Å². The van der Waals surface area contributed by atoms with Crippen molar-refractivity contribution in [2.24, 2.45) is 0 Å². The molecule has 0 saturated heterocycles. The Morgan fingerprint density at radius 1 is 1.30 bits per heavy atom. The van der Waals surface area contributed by atoms with Gasteiger partial charge in [0.15, 0.2) is 10.8 Å². The van der Waals surface area contributed by atoms with Gasteiger partial charge in [-0.15, -0.1) is 11.3 Å². The zero-order valence-corrected chi connectivity index (χ0v) is 13.4. The highest BCUT2D eigenvalue weighted by Gasteiger charge is 2.14. The molecule has 0 aliphatic rings. The SMILES string of the molecule is CCOCc1ccccc1NC(=O)c1csc(-c2ccco2)n1. The van der Waals surface area contributed by atoms with Crippen LogP contribution in [0.1, 0.15) is 23.0 Å². The average molecular weight is 328 g/mol. The number of para-hydroxylation sites is 1. The maximum atomic E-state index is 12.4. The number of amides is 1. The van der Waals surface area contributed by atoms with Crippen molar-refractivity contribution in [1.82, 2.24) is 4.98 Å². The first-order chi connectivity index (χ1) is 11.3. The second-order valence-corrected chi connectivity index (χ2v) is 5.62. The quantitative estimate of drug-likeness (QED) is 0.737. The molecule has 23 heavy (non-hydrogen) atoms. The molecule has 6 heteroatoms. The molecule has 0 aliphatic heterocycles. The molecule has 0 atom stereocenters. The van der Waals surface area contributed by atoms with E-state index < -0.39 is 0 Å². The first-order valence-electron chi connectivity index (χ1n) is 7.24. The van der Waals surface area contributed by atoms with Crippen molar-refractivity contribution in [1.29, 1.82) is 0 Å². The number of thiazole rings is 1. The van der Waals surface area contributed by atoms with Crippen LogP contribution in [0.4, 0.5) is 5.69 Å². The Kier molecular flexibility index (Phi) is 4.85. The predicted molar refractivity (Wildman–Crippen MR) is 89.5 cm³/mol. The van der Waals surface area contributed by atoms with E-state index in [2.05, 4.69) is 10.3 Å². The smallest absolute Gasteiger partial charge is 0.275 e. The van der Waals surface area contributed by atoms with Crippen LogP contribution in [0.2, 0.25) is 0 Å². The lowest BCUT2D eigenvalue weighted by Crippen LogP contribution is -2.14. The summed E-state index contributed by atoms with van der Waals surface area (Å²) >= 11 is 1.37. The minimum atomic E-state index is -0.247. The fourth-order valence-corrected chi connectivity index (χ4v) is 2.82. The van der Waals surface area contributed by atoms with Crippen LogP contribution in [0, 0.1) is 0 Å². The van der Waals surface area contributed by atoms with Crippen molar-refractivity contribution in [2.75, 3.05) is 11.9 Å². The van der Waals surface area contributed by atoms with Crippen molar-refractivity contribution >= 4 is 22.9 Å². The topological polar surface area (TPSA) is 64.4 Å². The molecular formula is C17H16N2O3S. The minimum absolute atomic E-state index is 0.247. The van der Waals surface area contributed by atoms with E-state index in [9.17, 15) is 4.79 Å². The van der Waals surface area contributed by atoms with Gasteiger partial charge in [0.1, 0.15) is 5.69 Å². The molecule has 0 bridgehead atoms. The van der Waals surface area contributed by atoms with Gasteiger partial charge >= 0.3 is 0 Å². The summed E-state index contributed by atoms with van der Waals surface area (Å²) in [5.74, 6) is 0.411. The summed E-state index contributed by atoms with van der Waals surface area (Å²) in [6.45, 7) is 3.02. The Bertz CT molecular complexity index is 781. The van der Waals surface area contributed by atoms with Gasteiger partial charge in [-0.2, -0.15) is 0 Å². The molecule has 0 unspecified atom stereocenters. The summed E-state index contributed by atoms with van der Waals surface area (Å²) in [6.07, 6.45) is 1.58. The lowest BCUT2D eigenvalue weighted by atomic mass is 10.2. The van der Waals surface area contributed by atoms with Crippen LogP contribution in [0.25, 0.3) is 10.8 Å². The molecular weight excluding hydrogens is 312 g/mol. The molecule has 2 aromatic heterocycles. The highest BCUT2D eigenvalue weighted by Crippen LogP contribution is 2.25. The number of rotatable bonds is 6. The van der Waals surface area contributed by atoms with Crippen LogP contribution in [-0.4, -0.2) is 17.5 Å². The van der Waals surface area contributed by atoms with Gasteiger partial charge in [-0.25, -0.2) is 4.98 Å². The lowest BCUT2D eigenvalue weighted by Gasteiger charge is -2.10. The summed E-state index contributed by atoms with van der Waals surface area (Å²) in [4.78, 5) is 16.7. The Hall–Kier alpha value is -2.44. The second-order valence-electron chi connectivity index (χ2n) is 4.76. The fraction of sp³-hybridized carbons (Fsp3) is 0.176. The van der Waals surface area contributed by atoms with E-state index in [0.29, 0.717) is 29.7 Å². The number of anilines is 1. The van der Waals surface area contributed by atoms with Crippen LogP contribution < -0.4 is 5.32 Å². The monoisotopic (exact) mass is 328 g/mol. The zero-order chi connectivity index (χ0) is 16.1. The molecule has 5 nitrogen and oxygen atoms in total. The summed E-state index contributed by atoms with van der Waals surface area (Å²) in [7, 11) is 0. The van der Waals surface area contributed by atoms with E-state index in [1.807, 2.05) is 37.3 Å². The molecule has 0 fully saturated rings. The molecule has 1 N–H and O–H groups in total. The summed E-state index contributed by atoms with van der Waals surface area (Å²) in [5.41, 5.74) is 2.04. The maximum Gasteiger partial charge on any atom is 0.275 e. The van der Waals surface area contributed by atoms with Crippen LogP contribution in [0.3, 0.4) is 0 Å². The Morgan fingerprint density at radius 3 is 2.96 bits per heavy atom. The highest BCUT2D eigenvalue weighted by atomic mass is 32.1. The number of hydrogen-bond donors (Lipinski definition) is 1. The number of furan rings is 1. The molecule has 0 spiro atoms. The van der Waals surface area contributed by atoms with Gasteiger partial charge in [-0.05, 0) is 25.1 Å². The number of carbonyl (C=O) groups excluding carboxylic acids is 1. The molecule has 1 amide bonds. The Labute approximate surface area is 137 Å². The van der Waals surface area contributed by atoms with Crippen LogP contribution in [0.15, 0.2) is 52.5 Å². The number of nitrogens with one attached hydrogen (secondary N) is 1. The maximum absolute atomic E-state index is 12.4. The normalized spacial score (nSPS) is 10.7. The number of nitrogens with zero attached hydrogens (tertiary/aromatic N) is 1. The third-order valence-corrected chi connectivity index (χ3v) is 4.05. The highest BCUT2D eigenvalue weighted by molar-refractivity contribution is 7.13. The van der Waals surface area contributed by atoms with Crippen LogP contribution >= 0.6 is 11.3 Å². The largest absolute Gasteiger partial charge is 0.462 e. The molecule has 1 aromatic carbocycles. The number of hydrogen-bond acceptors (Lipinski definition) is 5. The van der Waals surface area contributed by atoms with E-state index in [4.69, 9.17) is 9.15 Å². The lowest BCUT2D eigenvalue weighted by molar-refractivity contribution is 0.102. The van der Waals surface area contributed by atoms with Crippen molar-refractivity contribution < 1.29 is 13.9 Å². The molecule has 0 radical (unpaired) electrons. The van der Waals surface area contributed by atoms with Gasteiger partial charge in [0.25, 0.3) is 5.91 Å². The van der Waals surface area contributed by atoms with Gasteiger partial charge in [-0.1, -0.05) is 18.2 Å². The van der Waals surface area contributed by atoms with Crippen molar-refractivity contribution in [3.63, 3.8) is 0 Å². The van der Waals surface area contributed by atoms with E-state index in [-0.39, 0.29) is 5.91 Å². The van der Waals surface area contributed by atoms with Gasteiger partial charge in [0, 0.05) is 23.2 Å². The average Bonchev–Trinajstić information content (AvgIpc) is 3.24. The Balaban J connectivity index is 1.75. The van der Waals surface area contributed by atoms with Crippen molar-refractivity contribution in [3.05, 3.63) is 59.3 Å². The van der Waals surface area contributed by atoms with E-state index >= 15 is 0 Å². The van der Waals surface area contributed by atoms with Gasteiger partial charge in [-0.3, -0.25) is 4.79 Å². The van der Waals surface area contributed by atoms with E-state index in [1.54, 1.807) is 17.7 Å². The van der Waals surface area contributed by atoms with E-state index in [0.717, 1.165) is 11.3 Å². The van der Waals surface area contributed by atoms with Gasteiger partial charge < -0.3 is 14.5 Å². The first kappa shape index (κ1) is 15.5. The number of benzene rings is 1. The third-order valence-electron chi connectivity index (χ3n) is 3.20. The molecule has 3 aromatic rings. The number of aromatic nitrogens is 1. The summed E-state index contributed by atoms with van der Waals surface area (Å²) in [6, 6.07) is 11.2. The van der Waals surface area contributed by atoms with Crippen molar-refractivity contribution in [2.45, 2.75) is 13.5 Å². The molecule has 118 valence electrons. The molecule has 3 rings (SSSR count). The van der Waals surface area contributed by atoms with Gasteiger partial charge in [0.05, 0.1) is 12.9 Å². The first-order valence-corrected chi connectivity index (χ1v) is 8.12. The van der Waals surface area contributed by atoms with Crippen molar-refractivity contribution in [3.8, 4) is 10.8 Å². The fourth-order valence-electron chi connectivity index (χ4n) is 2.06. The predicted octanol–water partition coefficient (Wildman–Crippen LogP) is 4.19. The zero-order valence-electron chi connectivity index (χ0n) is 12.6. The van der Waals surface area contributed by atoms with Gasteiger partial charge in [0.2, 0.25) is 0 Å². The summed E-state index contributed by atoms with van der Waals surface area (Å²) < 4.78 is 10.7. The number of carbonyl (C=O) groups is 1.